The number of halogens is 1. The van der Waals surface area contributed by atoms with E-state index in [2.05, 4.69) is 27.7 Å². The summed E-state index contributed by atoms with van der Waals surface area (Å²) in [5.74, 6) is 0.366. The summed E-state index contributed by atoms with van der Waals surface area (Å²) in [5, 5.41) is 9.44. The first-order valence-corrected chi connectivity index (χ1v) is 14.3. The Morgan fingerprint density at radius 3 is 2.00 bits per heavy atom. The lowest BCUT2D eigenvalue weighted by Crippen LogP contribution is -2.37. The smallest absolute Gasteiger partial charge is 0.335 e. The van der Waals surface area contributed by atoms with Gasteiger partial charge in [-0.1, -0.05) is 51.4 Å². The third kappa shape index (κ3) is 5.78. The fourth-order valence-corrected chi connectivity index (χ4v) is 6.34. The van der Waals surface area contributed by atoms with E-state index in [1.54, 1.807) is 18.2 Å². The van der Waals surface area contributed by atoms with Crippen molar-refractivity contribution in [3.63, 3.8) is 0 Å². The number of rotatable bonds is 7. The fraction of sp³-hybridized carbons (Fsp3) is 0.424. The van der Waals surface area contributed by atoms with E-state index >= 15 is 0 Å². The standard InChI is InChI=1S/C33H35ClO7/c1-6-39-24-12-20(11-21(34)30(24)40-17-18-7-9-19(10-8-18)31(37)38)27-28-22(35)13-32(2,3)15-25(28)41-26-16-33(4,5)14-23(36)29(26)27/h7-12,27H,6,13-17H2,1-5H3,(H,37,38). The number of carbonyl (C=O) groups excluding carboxylic acids is 2. The molecule has 7 nitrogen and oxygen atoms in total. The van der Waals surface area contributed by atoms with E-state index in [1.165, 1.54) is 12.1 Å². The molecule has 0 saturated carbocycles. The first-order valence-electron chi connectivity index (χ1n) is 13.9. The number of carboxylic acid groups (broad SMARTS) is 1. The van der Waals surface area contributed by atoms with Gasteiger partial charge in [-0.3, -0.25) is 9.59 Å². The molecule has 1 aliphatic heterocycles. The van der Waals surface area contributed by atoms with Crippen molar-refractivity contribution < 1.29 is 33.7 Å². The number of hydrogen-bond acceptors (Lipinski definition) is 6. The van der Waals surface area contributed by atoms with Crippen molar-refractivity contribution >= 4 is 29.1 Å². The van der Waals surface area contributed by atoms with Gasteiger partial charge in [0.25, 0.3) is 0 Å². The van der Waals surface area contributed by atoms with E-state index < -0.39 is 11.9 Å². The maximum absolute atomic E-state index is 13.6. The van der Waals surface area contributed by atoms with Gasteiger partial charge >= 0.3 is 5.97 Å². The Balaban J connectivity index is 1.57. The minimum Gasteiger partial charge on any atom is -0.490 e. The normalized spacial score (nSPS) is 19.9. The minimum atomic E-state index is -1.00. The van der Waals surface area contributed by atoms with Gasteiger partial charge in [-0.15, -0.1) is 0 Å². The zero-order chi connectivity index (χ0) is 29.7. The first kappa shape index (κ1) is 28.9. The fourth-order valence-electron chi connectivity index (χ4n) is 6.06. The maximum atomic E-state index is 13.6. The summed E-state index contributed by atoms with van der Waals surface area (Å²) >= 11 is 6.82. The summed E-state index contributed by atoms with van der Waals surface area (Å²) in [6.45, 7) is 10.6. The van der Waals surface area contributed by atoms with E-state index in [9.17, 15) is 14.4 Å². The first-order chi connectivity index (χ1) is 19.3. The second-order valence-electron chi connectivity index (χ2n) is 12.6. The number of hydrogen-bond donors (Lipinski definition) is 1. The largest absolute Gasteiger partial charge is 0.490 e. The van der Waals surface area contributed by atoms with Crippen molar-refractivity contribution in [2.75, 3.05) is 6.61 Å². The Kier molecular flexibility index (Phi) is 7.53. The van der Waals surface area contributed by atoms with Crippen LogP contribution in [-0.2, 0) is 20.9 Å². The molecule has 0 aromatic heterocycles. The van der Waals surface area contributed by atoms with Gasteiger partial charge in [-0.25, -0.2) is 4.79 Å². The van der Waals surface area contributed by atoms with Crippen LogP contribution in [0.25, 0.3) is 0 Å². The summed E-state index contributed by atoms with van der Waals surface area (Å²) in [4.78, 5) is 38.4. The van der Waals surface area contributed by atoms with Gasteiger partial charge in [0, 0.05) is 42.7 Å². The highest BCUT2D eigenvalue weighted by atomic mass is 35.5. The van der Waals surface area contributed by atoms with Crippen LogP contribution in [0.3, 0.4) is 0 Å². The molecule has 0 radical (unpaired) electrons. The Bertz CT molecular complexity index is 1440. The molecule has 1 heterocycles. The van der Waals surface area contributed by atoms with Crippen LogP contribution in [0, 0.1) is 10.8 Å². The molecule has 2 aromatic rings. The predicted molar refractivity (Wildman–Crippen MR) is 154 cm³/mol. The van der Waals surface area contributed by atoms with Gasteiger partial charge in [0.05, 0.1) is 17.2 Å². The highest BCUT2D eigenvalue weighted by Gasteiger charge is 2.48. The lowest BCUT2D eigenvalue weighted by atomic mass is 9.65. The molecule has 0 spiro atoms. The van der Waals surface area contributed by atoms with Gasteiger partial charge in [0.1, 0.15) is 18.1 Å². The maximum Gasteiger partial charge on any atom is 0.335 e. The number of carboxylic acids is 1. The van der Waals surface area contributed by atoms with E-state index in [0.29, 0.717) is 72.0 Å². The van der Waals surface area contributed by atoms with Crippen LogP contribution in [0.1, 0.15) is 87.7 Å². The van der Waals surface area contributed by atoms with Gasteiger partial charge in [-0.2, -0.15) is 0 Å². The second-order valence-corrected chi connectivity index (χ2v) is 13.1. The van der Waals surface area contributed by atoms with Crippen LogP contribution >= 0.6 is 11.6 Å². The monoisotopic (exact) mass is 578 g/mol. The molecule has 0 amide bonds. The summed E-state index contributed by atoms with van der Waals surface area (Å²) in [6, 6.07) is 9.95. The van der Waals surface area contributed by atoms with Gasteiger partial charge in [0.15, 0.2) is 23.1 Å². The van der Waals surface area contributed by atoms with Gasteiger partial charge in [-0.05, 0) is 53.1 Å². The van der Waals surface area contributed by atoms with Crippen molar-refractivity contribution in [2.45, 2.75) is 72.8 Å². The van der Waals surface area contributed by atoms with Crippen molar-refractivity contribution in [2.24, 2.45) is 10.8 Å². The average molecular weight is 579 g/mol. The number of allylic oxidation sites excluding steroid dienone is 4. The molecule has 0 fully saturated rings. The van der Waals surface area contributed by atoms with E-state index in [-0.39, 0.29) is 39.6 Å². The molecule has 0 bridgehead atoms. The van der Waals surface area contributed by atoms with Crippen LogP contribution in [0.5, 0.6) is 11.5 Å². The third-order valence-electron chi connectivity index (χ3n) is 7.83. The highest BCUT2D eigenvalue weighted by molar-refractivity contribution is 6.32. The van der Waals surface area contributed by atoms with Crippen LogP contribution in [0.4, 0.5) is 0 Å². The quantitative estimate of drug-likeness (QED) is 0.365. The molecule has 1 N–H and O–H groups in total. The SMILES string of the molecule is CCOc1cc(C2C3=C(CC(C)(C)CC3=O)OC3=C2C(=O)CC(C)(C)C3)cc(Cl)c1OCc1ccc(C(=O)O)cc1. The van der Waals surface area contributed by atoms with E-state index in [4.69, 9.17) is 30.9 Å². The van der Waals surface area contributed by atoms with Crippen molar-refractivity contribution in [1.82, 2.24) is 0 Å². The number of Topliss-reactive ketones (excluding diaryl/α,β-unsaturated/α-hetero) is 2. The number of ketones is 2. The Morgan fingerprint density at radius 2 is 1.49 bits per heavy atom. The minimum absolute atomic E-state index is 0.0235. The third-order valence-corrected chi connectivity index (χ3v) is 8.11. The van der Waals surface area contributed by atoms with Crippen LogP contribution < -0.4 is 9.47 Å². The number of ether oxygens (including phenoxy) is 3. The molecule has 5 rings (SSSR count). The second kappa shape index (κ2) is 10.7. The molecule has 0 atom stereocenters. The van der Waals surface area contributed by atoms with Gasteiger partial charge in [0.2, 0.25) is 0 Å². The number of carbonyl (C=O) groups is 3. The Hall–Kier alpha value is -3.58. The molecular weight excluding hydrogens is 544 g/mol. The van der Waals surface area contributed by atoms with Crippen LogP contribution in [0.15, 0.2) is 59.1 Å². The Morgan fingerprint density at radius 1 is 0.927 bits per heavy atom. The molecule has 0 saturated heterocycles. The molecule has 8 heteroatoms. The molecule has 2 aromatic carbocycles. The summed E-state index contributed by atoms with van der Waals surface area (Å²) in [6.07, 6.45) is 1.93. The van der Waals surface area contributed by atoms with Crippen LogP contribution in [0.2, 0.25) is 5.02 Å². The van der Waals surface area contributed by atoms with Crippen molar-refractivity contribution in [1.29, 1.82) is 0 Å². The summed E-state index contributed by atoms with van der Waals surface area (Å²) in [5.41, 5.74) is 2.19. The molecular formula is C33H35ClO7. The molecule has 0 unspecified atom stereocenters. The van der Waals surface area contributed by atoms with Crippen molar-refractivity contribution in [3.8, 4) is 11.5 Å². The predicted octanol–water partition coefficient (Wildman–Crippen LogP) is 7.42. The van der Waals surface area contributed by atoms with Crippen LogP contribution in [-0.4, -0.2) is 29.2 Å². The highest BCUT2D eigenvalue weighted by Crippen LogP contribution is 2.54. The molecule has 41 heavy (non-hydrogen) atoms. The lowest BCUT2D eigenvalue weighted by molar-refractivity contribution is -0.120. The Labute approximate surface area is 245 Å². The zero-order valence-corrected chi connectivity index (χ0v) is 24.8. The summed E-state index contributed by atoms with van der Waals surface area (Å²) < 4.78 is 18.4. The lowest BCUT2D eigenvalue weighted by Gasteiger charge is -2.42. The molecule has 216 valence electrons. The van der Waals surface area contributed by atoms with Crippen molar-refractivity contribution in [3.05, 3.63) is 80.8 Å². The van der Waals surface area contributed by atoms with E-state index in [1.807, 2.05) is 13.0 Å². The topological polar surface area (TPSA) is 99.1 Å². The number of benzene rings is 2. The van der Waals surface area contributed by atoms with E-state index in [0.717, 1.165) is 5.56 Å². The summed E-state index contributed by atoms with van der Waals surface area (Å²) in [7, 11) is 0. The average Bonchev–Trinajstić information content (AvgIpc) is 2.85. The molecule has 2 aliphatic carbocycles. The van der Waals surface area contributed by atoms with Gasteiger partial charge < -0.3 is 19.3 Å². The zero-order valence-electron chi connectivity index (χ0n) is 24.1. The molecule has 3 aliphatic rings. The number of aromatic carboxylic acids is 1.